The number of fused-ring (bicyclic) bond motifs is 2. The number of aromatic amines is 1. The molecule has 3 heterocycles. The van der Waals surface area contributed by atoms with Crippen molar-refractivity contribution < 1.29 is 4.79 Å². The third-order valence-electron chi connectivity index (χ3n) is 6.93. The standard InChI is InChI=1S/C25H30N4O/c26-25(30)17-29-16-21(22-3-1-2-4-24(22)29)10-14-28-12-8-18(9-13-28)19-5-6-23-20(15-19)7-11-27-23/h1-7,11,15,18,21,27H,8-10,12-14,16-17H2,(H2,26,30). The van der Waals surface area contributed by atoms with Crippen LogP contribution in [0.4, 0.5) is 5.69 Å². The number of aromatic nitrogens is 1. The minimum atomic E-state index is -0.259. The van der Waals surface area contributed by atoms with Gasteiger partial charge in [-0.25, -0.2) is 0 Å². The van der Waals surface area contributed by atoms with E-state index in [1.165, 1.54) is 40.6 Å². The van der Waals surface area contributed by atoms with E-state index in [1.54, 1.807) is 0 Å². The number of hydrogen-bond acceptors (Lipinski definition) is 3. The number of likely N-dealkylation sites (tertiary alicyclic amines) is 1. The number of piperidine rings is 1. The zero-order valence-corrected chi connectivity index (χ0v) is 17.4. The first kappa shape index (κ1) is 19.2. The van der Waals surface area contributed by atoms with Crippen molar-refractivity contribution in [2.45, 2.75) is 31.1 Å². The predicted octanol–water partition coefficient (Wildman–Crippen LogP) is 3.83. The van der Waals surface area contributed by atoms with Crippen LogP contribution in [-0.2, 0) is 4.79 Å². The molecule has 2 aromatic carbocycles. The van der Waals surface area contributed by atoms with Crippen LogP contribution in [0.3, 0.4) is 0 Å². The maximum absolute atomic E-state index is 11.5. The summed E-state index contributed by atoms with van der Waals surface area (Å²) in [6, 6.07) is 17.5. The lowest BCUT2D eigenvalue weighted by Gasteiger charge is -2.33. The molecule has 1 unspecified atom stereocenters. The van der Waals surface area contributed by atoms with E-state index in [2.05, 4.69) is 57.2 Å². The van der Waals surface area contributed by atoms with Crippen molar-refractivity contribution in [3.63, 3.8) is 0 Å². The Hall–Kier alpha value is -2.79. The summed E-state index contributed by atoms with van der Waals surface area (Å²) in [5, 5.41) is 1.32. The second-order valence-electron chi connectivity index (χ2n) is 8.83. The smallest absolute Gasteiger partial charge is 0.236 e. The van der Waals surface area contributed by atoms with Gasteiger partial charge < -0.3 is 20.5 Å². The van der Waals surface area contributed by atoms with Crippen LogP contribution in [0, 0.1) is 0 Å². The largest absolute Gasteiger partial charge is 0.368 e. The number of anilines is 1. The number of rotatable bonds is 6. The summed E-state index contributed by atoms with van der Waals surface area (Å²) in [6.45, 7) is 4.65. The number of para-hydroxylation sites is 1. The molecule has 3 aromatic rings. The molecule has 5 heteroatoms. The molecule has 1 saturated heterocycles. The van der Waals surface area contributed by atoms with Crippen molar-refractivity contribution in [1.82, 2.24) is 9.88 Å². The van der Waals surface area contributed by atoms with Crippen LogP contribution in [-0.4, -0.2) is 48.5 Å². The van der Waals surface area contributed by atoms with E-state index in [-0.39, 0.29) is 5.91 Å². The third-order valence-corrected chi connectivity index (χ3v) is 6.93. The molecule has 0 bridgehead atoms. The molecule has 1 atom stereocenters. The number of H-pyrrole nitrogens is 1. The summed E-state index contributed by atoms with van der Waals surface area (Å²) in [7, 11) is 0. The van der Waals surface area contributed by atoms with Gasteiger partial charge in [0.2, 0.25) is 5.91 Å². The molecular formula is C25H30N4O. The van der Waals surface area contributed by atoms with Crippen molar-refractivity contribution in [1.29, 1.82) is 0 Å². The normalized spacial score (nSPS) is 20.0. The van der Waals surface area contributed by atoms with Gasteiger partial charge >= 0.3 is 0 Å². The number of nitrogens with two attached hydrogens (primary N) is 1. The van der Waals surface area contributed by atoms with E-state index < -0.39 is 0 Å². The first-order valence-electron chi connectivity index (χ1n) is 11.1. The second kappa shape index (κ2) is 8.15. The Bertz CT molecular complexity index is 1030. The quantitative estimate of drug-likeness (QED) is 0.659. The maximum atomic E-state index is 11.5. The fourth-order valence-electron chi connectivity index (χ4n) is 5.32. The Balaban J connectivity index is 1.17. The van der Waals surface area contributed by atoms with E-state index >= 15 is 0 Å². The molecule has 2 aliphatic rings. The summed E-state index contributed by atoms with van der Waals surface area (Å²) in [4.78, 5) is 19.5. The lowest BCUT2D eigenvalue weighted by molar-refractivity contribution is -0.116. The first-order chi connectivity index (χ1) is 14.7. The van der Waals surface area contributed by atoms with Crippen LogP contribution in [0.2, 0.25) is 0 Å². The van der Waals surface area contributed by atoms with Gasteiger partial charge in [0.15, 0.2) is 0 Å². The highest BCUT2D eigenvalue weighted by atomic mass is 16.1. The third kappa shape index (κ3) is 3.82. The summed E-state index contributed by atoms with van der Waals surface area (Å²) >= 11 is 0. The van der Waals surface area contributed by atoms with Crippen molar-refractivity contribution in [3.8, 4) is 0 Å². The van der Waals surface area contributed by atoms with Crippen molar-refractivity contribution in [2.24, 2.45) is 5.73 Å². The minimum Gasteiger partial charge on any atom is -0.368 e. The van der Waals surface area contributed by atoms with Crippen LogP contribution >= 0.6 is 0 Å². The van der Waals surface area contributed by atoms with E-state index in [9.17, 15) is 4.79 Å². The number of primary amides is 1. The molecule has 1 amide bonds. The zero-order valence-electron chi connectivity index (χ0n) is 17.4. The number of carbonyl (C=O) groups excluding carboxylic acids is 1. The Morgan fingerprint density at radius 2 is 1.93 bits per heavy atom. The molecule has 156 valence electrons. The van der Waals surface area contributed by atoms with Gasteiger partial charge in [-0.2, -0.15) is 0 Å². The molecule has 1 aromatic heterocycles. The number of carbonyl (C=O) groups is 1. The van der Waals surface area contributed by atoms with Crippen LogP contribution in [0.15, 0.2) is 54.7 Å². The van der Waals surface area contributed by atoms with E-state index in [4.69, 9.17) is 5.73 Å². The van der Waals surface area contributed by atoms with Crippen LogP contribution in [0.5, 0.6) is 0 Å². The molecule has 5 rings (SSSR count). The predicted molar refractivity (Wildman–Crippen MR) is 122 cm³/mol. The molecule has 1 fully saturated rings. The summed E-state index contributed by atoms with van der Waals surface area (Å²) < 4.78 is 0. The molecular weight excluding hydrogens is 372 g/mol. The molecule has 0 radical (unpaired) electrons. The number of benzene rings is 2. The van der Waals surface area contributed by atoms with Gasteiger partial charge in [0.25, 0.3) is 0 Å². The van der Waals surface area contributed by atoms with Crippen LogP contribution < -0.4 is 10.6 Å². The maximum Gasteiger partial charge on any atom is 0.236 e. The minimum absolute atomic E-state index is 0.259. The Morgan fingerprint density at radius 3 is 2.77 bits per heavy atom. The van der Waals surface area contributed by atoms with E-state index in [0.29, 0.717) is 18.4 Å². The van der Waals surface area contributed by atoms with E-state index in [0.717, 1.165) is 32.6 Å². The first-order valence-corrected chi connectivity index (χ1v) is 11.1. The molecule has 0 spiro atoms. The Kier molecular flexibility index (Phi) is 5.21. The van der Waals surface area contributed by atoms with Crippen molar-refractivity contribution in [2.75, 3.05) is 37.6 Å². The molecule has 0 aliphatic carbocycles. The highest BCUT2D eigenvalue weighted by molar-refractivity contribution is 5.81. The summed E-state index contributed by atoms with van der Waals surface area (Å²) in [5.41, 5.74) is 10.7. The molecule has 3 N–H and O–H groups in total. The van der Waals surface area contributed by atoms with Crippen LogP contribution in [0.1, 0.15) is 42.2 Å². The van der Waals surface area contributed by atoms with Gasteiger partial charge in [0, 0.05) is 29.9 Å². The monoisotopic (exact) mass is 402 g/mol. The highest BCUT2D eigenvalue weighted by Crippen LogP contribution is 2.38. The number of nitrogens with one attached hydrogen (secondary N) is 1. The van der Waals surface area contributed by atoms with Crippen molar-refractivity contribution >= 4 is 22.5 Å². The SMILES string of the molecule is NC(=O)CN1CC(CCN2CCC(c3ccc4[nH]ccc4c3)CC2)c2ccccc21. The second-order valence-corrected chi connectivity index (χ2v) is 8.83. The summed E-state index contributed by atoms with van der Waals surface area (Å²) in [5.74, 6) is 0.887. The van der Waals surface area contributed by atoms with Gasteiger partial charge in [0.1, 0.15) is 0 Å². The van der Waals surface area contributed by atoms with Crippen LogP contribution in [0.25, 0.3) is 10.9 Å². The summed E-state index contributed by atoms with van der Waals surface area (Å²) in [6.07, 6.45) is 5.60. The highest BCUT2D eigenvalue weighted by Gasteiger charge is 2.29. The lowest BCUT2D eigenvalue weighted by Crippen LogP contribution is -2.35. The number of amides is 1. The number of hydrogen-bond donors (Lipinski definition) is 2. The molecule has 30 heavy (non-hydrogen) atoms. The van der Waals surface area contributed by atoms with Gasteiger partial charge in [0.05, 0.1) is 6.54 Å². The zero-order chi connectivity index (χ0) is 20.5. The van der Waals surface area contributed by atoms with Gasteiger partial charge in [-0.3, -0.25) is 4.79 Å². The molecule has 0 saturated carbocycles. The van der Waals surface area contributed by atoms with Gasteiger partial charge in [-0.05, 0) is 85.6 Å². The average Bonchev–Trinajstić information content (AvgIpc) is 3.37. The molecule has 5 nitrogen and oxygen atoms in total. The fourth-order valence-corrected chi connectivity index (χ4v) is 5.32. The number of nitrogens with zero attached hydrogens (tertiary/aromatic N) is 2. The fraction of sp³-hybridized carbons (Fsp3) is 0.400. The Labute approximate surface area is 177 Å². The van der Waals surface area contributed by atoms with Gasteiger partial charge in [-0.15, -0.1) is 0 Å². The molecule has 2 aliphatic heterocycles. The topological polar surface area (TPSA) is 65.4 Å². The van der Waals surface area contributed by atoms with Crippen molar-refractivity contribution in [3.05, 3.63) is 65.9 Å². The van der Waals surface area contributed by atoms with Gasteiger partial charge in [-0.1, -0.05) is 24.3 Å². The Morgan fingerprint density at radius 1 is 1.10 bits per heavy atom. The lowest BCUT2D eigenvalue weighted by atomic mass is 9.88. The average molecular weight is 403 g/mol. The van der Waals surface area contributed by atoms with E-state index in [1.807, 2.05) is 12.3 Å².